The van der Waals surface area contributed by atoms with E-state index in [4.69, 9.17) is 4.74 Å². The first-order valence-electron chi connectivity index (χ1n) is 9.05. The minimum absolute atomic E-state index is 0.0946. The summed E-state index contributed by atoms with van der Waals surface area (Å²) in [7, 11) is 1.61. The fourth-order valence-corrected chi connectivity index (χ4v) is 3.85. The quantitative estimate of drug-likeness (QED) is 0.539. The summed E-state index contributed by atoms with van der Waals surface area (Å²) in [6, 6.07) is 7.16. The molecular weight excluding hydrogens is 396 g/mol. The molecule has 1 fully saturated rings. The summed E-state index contributed by atoms with van der Waals surface area (Å²) in [6.07, 6.45) is -0.176. The van der Waals surface area contributed by atoms with Gasteiger partial charge in [-0.2, -0.15) is 0 Å². The number of aromatic nitrogens is 1. The Balaban J connectivity index is 1.44. The number of carbonyl (C=O) groups is 4. The summed E-state index contributed by atoms with van der Waals surface area (Å²) < 4.78 is 6.03. The summed E-state index contributed by atoms with van der Waals surface area (Å²) in [5.74, 6) is -1.42. The van der Waals surface area contributed by atoms with Gasteiger partial charge in [0.25, 0.3) is 11.8 Å². The number of para-hydroxylation sites is 1. The van der Waals surface area contributed by atoms with Gasteiger partial charge in [-0.1, -0.05) is 12.1 Å². The van der Waals surface area contributed by atoms with Crippen molar-refractivity contribution in [2.45, 2.75) is 32.4 Å². The second-order valence-electron chi connectivity index (χ2n) is 7.25. The van der Waals surface area contributed by atoms with Crippen molar-refractivity contribution in [1.82, 2.24) is 20.1 Å². The fraction of sp³-hybridized carbons (Fsp3) is 0.421. The normalized spacial score (nSPS) is 15.5. The maximum absolute atomic E-state index is 12.2. The van der Waals surface area contributed by atoms with Crippen molar-refractivity contribution in [2.24, 2.45) is 0 Å². The summed E-state index contributed by atoms with van der Waals surface area (Å²) >= 11 is 1.50. The van der Waals surface area contributed by atoms with Crippen molar-refractivity contribution < 1.29 is 23.9 Å². The largest absolute Gasteiger partial charge is 0.456 e. The van der Waals surface area contributed by atoms with Crippen LogP contribution in [0.4, 0.5) is 4.79 Å². The molecule has 9 nitrogen and oxygen atoms in total. The number of thiazole rings is 1. The lowest BCUT2D eigenvalue weighted by molar-refractivity contribution is -0.152. The number of nitrogens with zero attached hydrogens (tertiary/aromatic N) is 3. The number of fused-ring (bicyclic) bond motifs is 1. The first-order valence-corrected chi connectivity index (χ1v) is 9.87. The highest BCUT2D eigenvalue weighted by Gasteiger charge is 2.44. The SMILES string of the molecule is CN(Cc1nc2ccccc2s1)C(=O)COC(=O)CCN1C(=O)NC(C)(C)C1=O. The number of carbonyl (C=O) groups excluding carboxylic acids is 4. The number of imide groups is 1. The molecule has 4 amide bonds. The molecular formula is C19H22N4O5S. The van der Waals surface area contributed by atoms with E-state index in [2.05, 4.69) is 10.3 Å². The molecule has 1 aromatic heterocycles. The Morgan fingerprint density at radius 1 is 1.28 bits per heavy atom. The van der Waals surface area contributed by atoms with E-state index in [1.54, 1.807) is 20.9 Å². The topological polar surface area (TPSA) is 109 Å². The number of likely N-dealkylation sites (N-methyl/N-ethyl adjacent to an activating group) is 1. The van der Waals surface area contributed by atoms with Gasteiger partial charge in [0.15, 0.2) is 6.61 Å². The molecule has 10 heteroatoms. The smallest absolute Gasteiger partial charge is 0.325 e. The van der Waals surface area contributed by atoms with Gasteiger partial charge >= 0.3 is 12.0 Å². The minimum atomic E-state index is -0.986. The average Bonchev–Trinajstić information content (AvgIpc) is 3.15. The van der Waals surface area contributed by atoms with Crippen LogP contribution in [0.2, 0.25) is 0 Å². The molecule has 0 bridgehead atoms. The highest BCUT2D eigenvalue weighted by molar-refractivity contribution is 7.18. The second kappa shape index (κ2) is 8.16. The van der Waals surface area contributed by atoms with E-state index in [-0.39, 0.29) is 18.9 Å². The summed E-state index contributed by atoms with van der Waals surface area (Å²) in [5, 5.41) is 3.32. The van der Waals surface area contributed by atoms with Crippen molar-refractivity contribution >= 4 is 45.4 Å². The lowest BCUT2D eigenvalue weighted by Crippen LogP contribution is -2.40. The van der Waals surface area contributed by atoms with E-state index in [0.29, 0.717) is 6.54 Å². The van der Waals surface area contributed by atoms with Crippen molar-refractivity contribution in [1.29, 1.82) is 0 Å². The number of rotatable bonds is 7. The van der Waals surface area contributed by atoms with E-state index in [1.807, 2.05) is 24.3 Å². The first-order chi connectivity index (χ1) is 13.7. The molecule has 0 atom stereocenters. The third-order valence-corrected chi connectivity index (χ3v) is 5.50. The van der Waals surface area contributed by atoms with Crippen LogP contribution >= 0.6 is 11.3 Å². The van der Waals surface area contributed by atoms with Crippen molar-refractivity contribution in [2.75, 3.05) is 20.2 Å². The predicted molar refractivity (Wildman–Crippen MR) is 106 cm³/mol. The number of amides is 4. The Morgan fingerprint density at radius 3 is 2.66 bits per heavy atom. The Labute approximate surface area is 171 Å². The Hall–Kier alpha value is -3.01. The van der Waals surface area contributed by atoms with E-state index in [9.17, 15) is 19.2 Å². The second-order valence-corrected chi connectivity index (χ2v) is 8.36. The summed E-state index contributed by atoms with van der Waals surface area (Å²) in [5.41, 5.74) is -0.108. The highest BCUT2D eigenvalue weighted by Crippen LogP contribution is 2.22. The maximum atomic E-state index is 12.2. The zero-order valence-corrected chi connectivity index (χ0v) is 17.2. The van der Waals surface area contributed by atoms with Crippen LogP contribution in [0.5, 0.6) is 0 Å². The third kappa shape index (κ3) is 4.70. The molecule has 0 saturated carbocycles. The van der Waals surface area contributed by atoms with E-state index >= 15 is 0 Å². The van der Waals surface area contributed by atoms with Crippen LogP contribution in [0.15, 0.2) is 24.3 Å². The maximum Gasteiger partial charge on any atom is 0.325 e. The monoisotopic (exact) mass is 418 g/mol. The van der Waals surface area contributed by atoms with Gasteiger partial charge in [-0.15, -0.1) is 11.3 Å². The zero-order chi connectivity index (χ0) is 21.2. The molecule has 2 heterocycles. The fourth-order valence-electron chi connectivity index (χ4n) is 2.83. The molecule has 1 aromatic carbocycles. The Bertz CT molecular complexity index is 937. The number of nitrogens with one attached hydrogen (secondary N) is 1. The molecule has 1 aliphatic rings. The molecule has 3 rings (SSSR count). The number of hydrogen-bond donors (Lipinski definition) is 1. The number of esters is 1. The molecule has 1 N–H and O–H groups in total. The Morgan fingerprint density at radius 2 is 2.00 bits per heavy atom. The molecule has 154 valence electrons. The number of urea groups is 1. The van der Waals surface area contributed by atoms with Crippen LogP contribution < -0.4 is 5.32 Å². The van der Waals surface area contributed by atoms with Crippen LogP contribution in [0.1, 0.15) is 25.3 Å². The van der Waals surface area contributed by atoms with Gasteiger partial charge in [0.2, 0.25) is 0 Å². The molecule has 1 saturated heterocycles. The van der Waals surface area contributed by atoms with Gasteiger partial charge in [-0.3, -0.25) is 19.3 Å². The van der Waals surface area contributed by atoms with Crippen molar-refractivity contribution in [3.63, 3.8) is 0 Å². The molecule has 0 unspecified atom stereocenters. The molecule has 0 radical (unpaired) electrons. The van der Waals surface area contributed by atoms with E-state index in [1.165, 1.54) is 16.2 Å². The Kier molecular flexibility index (Phi) is 5.83. The van der Waals surface area contributed by atoms with Crippen molar-refractivity contribution in [3.05, 3.63) is 29.3 Å². The van der Waals surface area contributed by atoms with E-state index < -0.39 is 30.1 Å². The lowest BCUT2D eigenvalue weighted by atomic mass is 10.1. The molecule has 0 spiro atoms. The van der Waals surface area contributed by atoms with Crippen LogP contribution in [0.3, 0.4) is 0 Å². The number of ether oxygens (including phenoxy) is 1. The van der Waals surface area contributed by atoms with Gasteiger partial charge in [-0.05, 0) is 26.0 Å². The standard InChI is InChI=1S/C19H22N4O5S/c1-19(2)17(26)23(18(27)21-19)9-8-16(25)28-11-15(24)22(3)10-14-20-12-6-4-5-7-13(12)29-14/h4-7H,8-11H2,1-3H3,(H,21,27). The van der Waals surface area contributed by atoms with Gasteiger partial charge in [0.1, 0.15) is 10.5 Å². The molecule has 29 heavy (non-hydrogen) atoms. The molecule has 1 aliphatic heterocycles. The predicted octanol–water partition coefficient (Wildman–Crippen LogP) is 1.52. The van der Waals surface area contributed by atoms with Crippen LogP contribution in [0, 0.1) is 0 Å². The van der Waals surface area contributed by atoms with Gasteiger partial charge in [0.05, 0.1) is 23.2 Å². The molecule has 2 aromatic rings. The van der Waals surface area contributed by atoms with Gasteiger partial charge in [0, 0.05) is 13.6 Å². The van der Waals surface area contributed by atoms with Gasteiger partial charge in [-0.25, -0.2) is 9.78 Å². The zero-order valence-electron chi connectivity index (χ0n) is 16.4. The highest BCUT2D eigenvalue weighted by atomic mass is 32.1. The summed E-state index contributed by atoms with van der Waals surface area (Å²) in [4.78, 5) is 54.9. The number of benzene rings is 1. The average molecular weight is 418 g/mol. The van der Waals surface area contributed by atoms with Crippen LogP contribution in [-0.4, -0.2) is 64.3 Å². The van der Waals surface area contributed by atoms with Crippen LogP contribution in [0.25, 0.3) is 10.2 Å². The van der Waals surface area contributed by atoms with E-state index in [0.717, 1.165) is 20.1 Å². The molecule has 0 aliphatic carbocycles. The van der Waals surface area contributed by atoms with Crippen molar-refractivity contribution in [3.8, 4) is 0 Å². The summed E-state index contributed by atoms with van der Waals surface area (Å²) in [6.45, 7) is 2.98. The first kappa shape index (κ1) is 20.7. The lowest BCUT2D eigenvalue weighted by Gasteiger charge is -2.17. The van der Waals surface area contributed by atoms with Gasteiger partial charge < -0.3 is 15.0 Å². The third-order valence-electron chi connectivity index (χ3n) is 4.48. The number of hydrogen-bond acceptors (Lipinski definition) is 7. The minimum Gasteiger partial charge on any atom is -0.456 e. The van der Waals surface area contributed by atoms with Crippen LogP contribution in [-0.2, 0) is 25.7 Å².